The van der Waals surface area contributed by atoms with Gasteiger partial charge in [-0.1, -0.05) is 44.6 Å². The molecule has 108 valence electrons. The number of allylic oxidation sites excluding steroid dienone is 4. The quantitative estimate of drug-likeness (QED) is 0.719. The Labute approximate surface area is 119 Å². The molecule has 3 atom stereocenters. The van der Waals surface area contributed by atoms with Crippen molar-refractivity contribution in [2.24, 2.45) is 23.7 Å². The van der Waals surface area contributed by atoms with E-state index in [1.807, 2.05) is 0 Å². The number of hydrogen-bond donors (Lipinski definition) is 0. The smallest absolute Gasteiger partial charge is 0.00124 e. The second-order valence-electron chi connectivity index (χ2n) is 7.26. The van der Waals surface area contributed by atoms with Gasteiger partial charge in [0.1, 0.15) is 0 Å². The summed E-state index contributed by atoms with van der Waals surface area (Å²) < 4.78 is 0. The van der Waals surface area contributed by atoms with E-state index >= 15 is 0 Å². The van der Waals surface area contributed by atoms with Gasteiger partial charge in [0.2, 0.25) is 0 Å². The molecule has 2 rings (SSSR count). The van der Waals surface area contributed by atoms with Crippen LogP contribution in [-0.4, -0.2) is 25.0 Å². The molecule has 0 amide bonds. The zero-order chi connectivity index (χ0) is 13.8. The van der Waals surface area contributed by atoms with Crippen molar-refractivity contribution in [1.29, 1.82) is 0 Å². The van der Waals surface area contributed by atoms with Gasteiger partial charge in [-0.25, -0.2) is 0 Å². The molecule has 19 heavy (non-hydrogen) atoms. The Balaban J connectivity index is 1.96. The van der Waals surface area contributed by atoms with Gasteiger partial charge in [0.15, 0.2) is 0 Å². The summed E-state index contributed by atoms with van der Waals surface area (Å²) in [4.78, 5) is 2.53. The molecule has 1 saturated heterocycles. The second kappa shape index (κ2) is 6.74. The van der Waals surface area contributed by atoms with E-state index in [-0.39, 0.29) is 0 Å². The third kappa shape index (κ3) is 4.49. The van der Waals surface area contributed by atoms with Gasteiger partial charge in [0, 0.05) is 6.54 Å². The Bertz CT molecular complexity index is 340. The minimum absolute atomic E-state index is 0.740. The van der Waals surface area contributed by atoms with Crippen LogP contribution in [0.2, 0.25) is 0 Å². The Morgan fingerprint density at radius 2 is 2.11 bits per heavy atom. The fourth-order valence-electron chi connectivity index (χ4n) is 3.64. The van der Waals surface area contributed by atoms with Crippen LogP contribution in [0.3, 0.4) is 0 Å². The highest BCUT2D eigenvalue weighted by Crippen LogP contribution is 2.34. The third-order valence-electron chi connectivity index (χ3n) is 4.76. The van der Waals surface area contributed by atoms with E-state index in [0.717, 1.165) is 23.7 Å². The van der Waals surface area contributed by atoms with Gasteiger partial charge in [0.05, 0.1) is 0 Å². The van der Waals surface area contributed by atoms with Gasteiger partial charge >= 0.3 is 0 Å². The van der Waals surface area contributed by atoms with Crippen molar-refractivity contribution in [3.63, 3.8) is 0 Å². The first-order valence-electron chi connectivity index (χ1n) is 8.10. The summed E-state index contributed by atoms with van der Waals surface area (Å²) in [6.45, 7) is 9.63. The van der Waals surface area contributed by atoms with Gasteiger partial charge in [-0.2, -0.15) is 0 Å². The predicted octanol–water partition coefficient (Wildman–Crippen LogP) is 4.51. The van der Waals surface area contributed by atoms with E-state index in [2.05, 4.69) is 50.9 Å². The fourth-order valence-corrected chi connectivity index (χ4v) is 3.64. The molecule has 0 radical (unpaired) electrons. The van der Waals surface area contributed by atoms with E-state index in [1.54, 1.807) is 5.57 Å². The molecule has 2 aliphatic rings. The molecule has 0 N–H and O–H groups in total. The zero-order valence-corrected chi connectivity index (χ0v) is 13.2. The van der Waals surface area contributed by atoms with E-state index < -0.39 is 0 Å². The largest absolute Gasteiger partial charge is 0.306 e. The highest BCUT2D eigenvalue weighted by Gasteiger charge is 2.28. The molecular weight excluding hydrogens is 230 g/mol. The molecule has 1 aliphatic carbocycles. The van der Waals surface area contributed by atoms with Crippen LogP contribution in [0.25, 0.3) is 0 Å². The molecule has 1 heterocycles. The van der Waals surface area contributed by atoms with Crippen LogP contribution >= 0.6 is 0 Å². The summed E-state index contributed by atoms with van der Waals surface area (Å²) in [7, 11) is 2.28. The van der Waals surface area contributed by atoms with Crippen molar-refractivity contribution in [2.45, 2.75) is 46.5 Å². The van der Waals surface area contributed by atoms with Crippen molar-refractivity contribution in [1.82, 2.24) is 4.90 Å². The number of likely N-dealkylation sites (tertiary alicyclic amines) is 1. The average molecular weight is 261 g/mol. The van der Waals surface area contributed by atoms with E-state index in [0.29, 0.717) is 0 Å². The first kappa shape index (κ1) is 14.8. The number of piperidine rings is 1. The molecule has 0 aromatic rings. The van der Waals surface area contributed by atoms with Crippen molar-refractivity contribution < 1.29 is 0 Å². The van der Waals surface area contributed by atoms with Gasteiger partial charge in [-0.15, -0.1) is 0 Å². The zero-order valence-electron chi connectivity index (χ0n) is 13.2. The van der Waals surface area contributed by atoms with Gasteiger partial charge in [-0.05, 0) is 62.9 Å². The molecule has 0 aromatic carbocycles. The molecule has 0 aromatic heterocycles. The summed E-state index contributed by atoms with van der Waals surface area (Å²) in [5.41, 5.74) is 1.59. The van der Waals surface area contributed by atoms with Crippen molar-refractivity contribution in [3.05, 3.63) is 23.8 Å². The van der Waals surface area contributed by atoms with Crippen LogP contribution in [0, 0.1) is 23.7 Å². The molecule has 1 aliphatic heterocycles. The maximum Gasteiger partial charge on any atom is 0.00124 e. The molecular formula is C18H31N. The Hall–Kier alpha value is -0.560. The second-order valence-corrected chi connectivity index (χ2v) is 7.26. The predicted molar refractivity (Wildman–Crippen MR) is 84.2 cm³/mol. The first-order valence-corrected chi connectivity index (χ1v) is 8.10. The van der Waals surface area contributed by atoms with Crippen LogP contribution < -0.4 is 0 Å². The van der Waals surface area contributed by atoms with E-state index in [1.165, 1.54) is 38.8 Å². The maximum absolute atomic E-state index is 2.53. The summed E-state index contributed by atoms with van der Waals surface area (Å²) in [6.07, 6.45) is 12.6. The Kier molecular flexibility index (Phi) is 5.27. The van der Waals surface area contributed by atoms with E-state index in [4.69, 9.17) is 0 Å². The van der Waals surface area contributed by atoms with Crippen molar-refractivity contribution in [2.75, 3.05) is 20.1 Å². The lowest BCUT2D eigenvalue weighted by atomic mass is 9.76. The SMILES string of the molecule is CC(C)CC1CCN(C)C[C@@H]1CC1=CCC(C)C=C1. The summed E-state index contributed by atoms with van der Waals surface area (Å²) in [5.74, 6) is 3.38. The molecule has 1 fully saturated rings. The van der Waals surface area contributed by atoms with Crippen LogP contribution in [0.5, 0.6) is 0 Å². The minimum atomic E-state index is 0.740. The van der Waals surface area contributed by atoms with Crippen LogP contribution in [0.15, 0.2) is 23.8 Å². The minimum Gasteiger partial charge on any atom is -0.306 e. The van der Waals surface area contributed by atoms with Crippen molar-refractivity contribution >= 4 is 0 Å². The molecule has 0 spiro atoms. The van der Waals surface area contributed by atoms with Crippen LogP contribution in [0.4, 0.5) is 0 Å². The summed E-state index contributed by atoms with van der Waals surface area (Å²) in [5, 5.41) is 0. The van der Waals surface area contributed by atoms with Crippen LogP contribution in [-0.2, 0) is 0 Å². The average Bonchev–Trinajstić information content (AvgIpc) is 2.35. The normalized spacial score (nSPS) is 32.7. The Morgan fingerprint density at radius 3 is 2.74 bits per heavy atom. The lowest BCUT2D eigenvalue weighted by molar-refractivity contribution is 0.126. The first-order chi connectivity index (χ1) is 9.04. The molecule has 1 nitrogen and oxygen atoms in total. The Morgan fingerprint density at radius 1 is 1.32 bits per heavy atom. The van der Waals surface area contributed by atoms with E-state index in [9.17, 15) is 0 Å². The van der Waals surface area contributed by atoms with Gasteiger partial charge < -0.3 is 4.90 Å². The molecule has 0 saturated carbocycles. The van der Waals surface area contributed by atoms with Gasteiger partial charge in [0.25, 0.3) is 0 Å². The third-order valence-corrected chi connectivity index (χ3v) is 4.76. The number of hydrogen-bond acceptors (Lipinski definition) is 1. The standard InChI is InChI=1S/C18H31N/c1-14(2)11-17-9-10-19(4)13-18(17)12-16-7-5-15(3)6-8-16/h5,7-8,14-15,17-18H,6,9-13H2,1-4H3/t15?,17?,18-/m0/s1. The topological polar surface area (TPSA) is 3.24 Å². The molecule has 1 heteroatoms. The van der Waals surface area contributed by atoms with Gasteiger partial charge in [-0.3, -0.25) is 0 Å². The van der Waals surface area contributed by atoms with Crippen LogP contribution in [0.1, 0.15) is 46.5 Å². The van der Waals surface area contributed by atoms with Crippen molar-refractivity contribution in [3.8, 4) is 0 Å². The lowest BCUT2D eigenvalue weighted by Gasteiger charge is -2.38. The highest BCUT2D eigenvalue weighted by molar-refractivity contribution is 5.24. The molecule has 2 unspecified atom stereocenters. The summed E-state index contributed by atoms with van der Waals surface area (Å²) >= 11 is 0. The monoisotopic (exact) mass is 261 g/mol. The number of nitrogens with zero attached hydrogens (tertiary/aromatic N) is 1. The fraction of sp³-hybridized carbons (Fsp3) is 0.778. The summed E-state index contributed by atoms with van der Waals surface area (Å²) in [6, 6.07) is 0. The number of rotatable bonds is 4. The maximum atomic E-state index is 2.53. The molecule has 0 bridgehead atoms. The highest BCUT2D eigenvalue weighted by atomic mass is 15.1. The lowest BCUT2D eigenvalue weighted by Crippen LogP contribution is -2.38.